The van der Waals surface area contributed by atoms with Gasteiger partial charge in [-0.1, -0.05) is 52.0 Å². The molecule has 1 aliphatic carbocycles. The first-order chi connectivity index (χ1) is 11.4. The number of furan rings is 1. The number of hydrogen-bond acceptors (Lipinski definition) is 2. The third kappa shape index (κ3) is 2.32. The zero-order valence-corrected chi connectivity index (χ0v) is 14.9. The molecule has 1 heterocycles. The molecule has 3 aromatic rings. The van der Waals surface area contributed by atoms with E-state index in [-0.39, 0.29) is 10.8 Å². The van der Waals surface area contributed by atoms with Gasteiger partial charge in [-0.2, -0.15) is 0 Å². The van der Waals surface area contributed by atoms with Crippen LogP contribution in [0.1, 0.15) is 51.7 Å². The van der Waals surface area contributed by atoms with E-state index in [4.69, 9.17) is 4.42 Å². The summed E-state index contributed by atoms with van der Waals surface area (Å²) in [4.78, 5) is 0. The maximum Gasteiger partial charge on any atom is 0.136 e. The zero-order chi connectivity index (χ0) is 16.9. The second-order valence-corrected chi connectivity index (χ2v) is 8.27. The first-order valence-electron chi connectivity index (χ1n) is 8.76. The van der Waals surface area contributed by atoms with Crippen LogP contribution in [-0.2, 0) is 10.8 Å². The van der Waals surface area contributed by atoms with Crippen LogP contribution < -0.4 is 5.32 Å². The van der Waals surface area contributed by atoms with Gasteiger partial charge in [0.15, 0.2) is 0 Å². The van der Waals surface area contributed by atoms with Crippen molar-refractivity contribution in [3.05, 3.63) is 59.9 Å². The highest BCUT2D eigenvalue weighted by Crippen LogP contribution is 2.49. The van der Waals surface area contributed by atoms with Crippen LogP contribution in [0.5, 0.6) is 0 Å². The number of rotatable bonds is 2. The predicted octanol–water partition coefficient (Wildman–Crippen LogP) is 6.53. The minimum atomic E-state index is 0.175. The fourth-order valence-corrected chi connectivity index (χ4v) is 4.05. The zero-order valence-electron chi connectivity index (χ0n) is 14.9. The van der Waals surface area contributed by atoms with Gasteiger partial charge < -0.3 is 9.73 Å². The number of fused-ring (bicyclic) bond motifs is 2. The molecular weight excluding hydrogens is 294 g/mol. The van der Waals surface area contributed by atoms with Crippen molar-refractivity contribution < 1.29 is 4.42 Å². The molecule has 0 saturated carbocycles. The normalized spacial score (nSPS) is 18.3. The summed E-state index contributed by atoms with van der Waals surface area (Å²) in [5, 5.41) is 4.78. The van der Waals surface area contributed by atoms with E-state index in [0.29, 0.717) is 0 Å². The van der Waals surface area contributed by atoms with Gasteiger partial charge in [0.05, 0.1) is 5.69 Å². The Labute approximate surface area is 143 Å². The Morgan fingerprint density at radius 2 is 1.58 bits per heavy atom. The highest BCUT2D eigenvalue weighted by Gasteiger charge is 2.38. The highest BCUT2D eigenvalue weighted by molar-refractivity contribution is 5.92. The molecular formula is C22H25NO. The number of benzene rings is 2. The van der Waals surface area contributed by atoms with E-state index in [2.05, 4.69) is 63.3 Å². The maximum atomic E-state index is 5.70. The molecule has 0 fully saturated rings. The van der Waals surface area contributed by atoms with Crippen molar-refractivity contribution in [3.8, 4) is 0 Å². The molecule has 1 aromatic heterocycles. The number of anilines is 2. The highest BCUT2D eigenvalue weighted by atomic mass is 16.3. The van der Waals surface area contributed by atoms with Gasteiger partial charge in [0, 0.05) is 11.1 Å². The lowest BCUT2D eigenvalue weighted by atomic mass is 9.62. The average molecular weight is 319 g/mol. The molecule has 1 aliphatic rings. The van der Waals surface area contributed by atoms with Crippen LogP contribution in [-0.4, -0.2) is 0 Å². The minimum absolute atomic E-state index is 0.175. The SMILES string of the molecule is CC1(C)CCC(C)(C)c2c(Nc3coc4ccccc34)cccc21. The Bertz CT molecular complexity index is 901. The number of nitrogens with one attached hydrogen (secondary N) is 1. The van der Waals surface area contributed by atoms with Crippen LogP contribution in [0.4, 0.5) is 11.4 Å². The Hall–Kier alpha value is -2.22. The molecule has 2 aromatic carbocycles. The summed E-state index contributed by atoms with van der Waals surface area (Å²) < 4.78 is 5.70. The van der Waals surface area contributed by atoms with Crippen molar-refractivity contribution in [2.75, 3.05) is 5.32 Å². The summed E-state index contributed by atoms with van der Waals surface area (Å²) in [5.74, 6) is 0. The van der Waals surface area contributed by atoms with Gasteiger partial charge >= 0.3 is 0 Å². The van der Waals surface area contributed by atoms with Gasteiger partial charge in [-0.05, 0) is 53.0 Å². The van der Waals surface area contributed by atoms with Gasteiger partial charge in [0.1, 0.15) is 11.8 Å². The molecule has 124 valence electrons. The summed E-state index contributed by atoms with van der Waals surface area (Å²) >= 11 is 0. The topological polar surface area (TPSA) is 25.2 Å². The van der Waals surface area contributed by atoms with Crippen molar-refractivity contribution in [3.63, 3.8) is 0 Å². The van der Waals surface area contributed by atoms with Gasteiger partial charge in [-0.25, -0.2) is 0 Å². The lowest BCUT2D eigenvalue weighted by Gasteiger charge is -2.43. The second-order valence-electron chi connectivity index (χ2n) is 8.27. The molecule has 0 saturated heterocycles. The number of hydrogen-bond donors (Lipinski definition) is 1. The van der Waals surface area contributed by atoms with E-state index >= 15 is 0 Å². The largest absolute Gasteiger partial charge is 0.462 e. The van der Waals surface area contributed by atoms with Crippen LogP contribution >= 0.6 is 0 Å². The molecule has 0 spiro atoms. The van der Waals surface area contributed by atoms with Crippen LogP contribution in [0.15, 0.2) is 53.1 Å². The quantitative estimate of drug-likeness (QED) is 0.581. The van der Waals surface area contributed by atoms with E-state index in [0.717, 1.165) is 16.7 Å². The lowest BCUT2D eigenvalue weighted by Crippen LogP contribution is -2.34. The van der Waals surface area contributed by atoms with Crippen molar-refractivity contribution in [1.82, 2.24) is 0 Å². The van der Waals surface area contributed by atoms with Crippen LogP contribution in [0, 0.1) is 0 Å². The van der Waals surface area contributed by atoms with E-state index in [1.165, 1.54) is 29.7 Å². The molecule has 0 aliphatic heterocycles. The smallest absolute Gasteiger partial charge is 0.136 e. The fraction of sp³-hybridized carbons (Fsp3) is 0.364. The summed E-state index contributed by atoms with van der Waals surface area (Å²) in [6.45, 7) is 9.44. The summed E-state index contributed by atoms with van der Waals surface area (Å²) in [7, 11) is 0. The van der Waals surface area contributed by atoms with Crippen LogP contribution in [0.2, 0.25) is 0 Å². The average Bonchev–Trinajstić information content (AvgIpc) is 2.95. The predicted molar refractivity (Wildman–Crippen MR) is 101 cm³/mol. The maximum absolute atomic E-state index is 5.70. The van der Waals surface area contributed by atoms with Crippen molar-refractivity contribution in [1.29, 1.82) is 0 Å². The molecule has 24 heavy (non-hydrogen) atoms. The molecule has 0 bridgehead atoms. The van der Waals surface area contributed by atoms with Crippen LogP contribution in [0.3, 0.4) is 0 Å². The number of para-hydroxylation sites is 1. The Balaban J connectivity index is 1.85. The van der Waals surface area contributed by atoms with Gasteiger partial charge in [0.2, 0.25) is 0 Å². The van der Waals surface area contributed by atoms with Gasteiger partial charge in [-0.15, -0.1) is 0 Å². The van der Waals surface area contributed by atoms with E-state index in [1.807, 2.05) is 18.4 Å². The molecule has 4 rings (SSSR count). The Morgan fingerprint density at radius 3 is 2.42 bits per heavy atom. The molecule has 0 amide bonds. The first kappa shape index (κ1) is 15.3. The minimum Gasteiger partial charge on any atom is -0.462 e. The van der Waals surface area contributed by atoms with Gasteiger partial charge in [0.25, 0.3) is 0 Å². The van der Waals surface area contributed by atoms with Crippen molar-refractivity contribution in [2.45, 2.75) is 51.4 Å². The van der Waals surface area contributed by atoms with Gasteiger partial charge in [-0.3, -0.25) is 0 Å². The molecule has 0 radical (unpaired) electrons. The summed E-state index contributed by atoms with van der Waals surface area (Å²) in [6.07, 6.45) is 4.26. The van der Waals surface area contributed by atoms with Crippen molar-refractivity contribution in [2.24, 2.45) is 0 Å². The monoisotopic (exact) mass is 319 g/mol. The van der Waals surface area contributed by atoms with Crippen molar-refractivity contribution >= 4 is 22.3 Å². The molecule has 1 N–H and O–H groups in total. The molecule has 0 atom stereocenters. The molecule has 0 unspecified atom stereocenters. The van der Waals surface area contributed by atoms with Crippen LogP contribution in [0.25, 0.3) is 11.0 Å². The van der Waals surface area contributed by atoms with E-state index in [9.17, 15) is 0 Å². The first-order valence-corrected chi connectivity index (χ1v) is 8.76. The van der Waals surface area contributed by atoms with E-state index < -0.39 is 0 Å². The fourth-order valence-electron chi connectivity index (χ4n) is 4.05. The molecule has 2 nitrogen and oxygen atoms in total. The summed E-state index contributed by atoms with van der Waals surface area (Å²) in [6, 6.07) is 14.8. The standard InChI is InChI=1S/C22H25NO/c1-21(2)12-13-22(3,4)20-16(21)9-7-10-17(20)23-18-14-24-19-11-6-5-8-15(18)19/h5-11,14,23H,12-13H2,1-4H3. The third-order valence-electron chi connectivity index (χ3n) is 5.60. The Morgan fingerprint density at radius 1 is 0.833 bits per heavy atom. The summed E-state index contributed by atoms with van der Waals surface area (Å²) in [5.41, 5.74) is 6.48. The molecule has 2 heteroatoms. The second kappa shape index (κ2) is 5.14. The van der Waals surface area contributed by atoms with E-state index in [1.54, 1.807) is 0 Å². The third-order valence-corrected chi connectivity index (χ3v) is 5.60. The lowest BCUT2D eigenvalue weighted by molar-refractivity contribution is 0.333. The Kier molecular flexibility index (Phi) is 3.28.